The van der Waals surface area contributed by atoms with E-state index in [1.165, 1.54) is 12.8 Å². The highest BCUT2D eigenvalue weighted by atomic mass is 32.2. The van der Waals surface area contributed by atoms with Crippen LogP contribution in [0.25, 0.3) is 5.65 Å². The first kappa shape index (κ1) is 14.5. The van der Waals surface area contributed by atoms with Crippen molar-refractivity contribution in [2.24, 2.45) is 0 Å². The maximum absolute atomic E-state index is 12.2. The summed E-state index contributed by atoms with van der Waals surface area (Å²) in [6, 6.07) is 7.30. The summed E-state index contributed by atoms with van der Waals surface area (Å²) in [5.74, 6) is 0.648. The number of thiocarbonyl (C=S) groups is 1. The van der Waals surface area contributed by atoms with Crippen LogP contribution < -0.4 is 5.56 Å². The number of aromatic nitrogens is 2. The van der Waals surface area contributed by atoms with Crippen LogP contribution in [0.1, 0.15) is 24.2 Å². The molecule has 0 N–H and O–H groups in total. The number of nitrogens with zero attached hydrogens (tertiary/aromatic N) is 3. The molecule has 1 saturated heterocycles. The number of likely N-dealkylation sites (tertiary alicyclic amines) is 1. The summed E-state index contributed by atoms with van der Waals surface area (Å²) >= 11 is 7.04. The minimum absolute atomic E-state index is 0.0270. The summed E-state index contributed by atoms with van der Waals surface area (Å²) in [6.07, 6.45) is 2.44. The lowest BCUT2D eigenvalue weighted by Crippen LogP contribution is -2.23. The van der Waals surface area contributed by atoms with Gasteiger partial charge in [-0.05, 0) is 31.9 Å². The molecule has 1 aliphatic heterocycles. The van der Waals surface area contributed by atoms with E-state index in [2.05, 4.69) is 9.88 Å². The Morgan fingerprint density at radius 2 is 2.14 bits per heavy atom. The Morgan fingerprint density at radius 1 is 1.38 bits per heavy atom. The maximum atomic E-state index is 12.2. The third-order valence-corrected chi connectivity index (χ3v) is 5.20. The van der Waals surface area contributed by atoms with E-state index in [9.17, 15) is 4.79 Å². The third-order valence-electron chi connectivity index (χ3n) is 3.64. The number of thioether (sulfide) groups is 1. The fourth-order valence-electron chi connectivity index (χ4n) is 2.56. The normalized spacial score (nSPS) is 14.8. The lowest BCUT2D eigenvalue weighted by molar-refractivity contribution is 0.539. The van der Waals surface area contributed by atoms with Crippen LogP contribution in [0.4, 0.5) is 0 Å². The Bertz CT molecular complexity index is 735. The van der Waals surface area contributed by atoms with E-state index < -0.39 is 0 Å². The number of fused-ring (bicyclic) bond motifs is 1. The predicted octanol–water partition coefficient (Wildman–Crippen LogP) is 2.62. The van der Waals surface area contributed by atoms with Gasteiger partial charge in [0, 0.05) is 30.6 Å². The van der Waals surface area contributed by atoms with E-state index in [0.717, 1.165) is 28.8 Å². The van der Waals surface area contributed by atoms with Gasteiger partial charge in [0.05, 0.1) is 5.69 Å². The fraction of sp³-hybridized carbons (Fsp3) is 0.400. The Morgan fingerprint density at radius 3 is 2.90 bits per heavy atom. The molecule has 2 aromatic heterocycles. The summed E-state index contributed by atoms with van der Waals surface area (Å²) < 4.78 is 2.55. The van der Waals surface area contributed by atoms with Crippen LogP contribution >= 0.6 is 24.0 Å². The zero-order valence-corrected chi connectivity index (χ0v) is 13.5. The van der Waals surface area contributed by atoms with Gasteiger partial charge >= 0.3 is 0 Å². The molecule has 110 valence electrons. The van der Waals surface area contributed by atoms with Gasteiger partial charge < -0.3 is 4.90 Å². The number of hydrogen-bond acceptors (Lipinski definition) is 4. The smallest absolute Gasteiger partial charge is 0.258 e. The number of rotatable bonds is 2. The predicted molar refractivity (Wildman–Crippen MR) is 90.9 cm³/mol. The molecule has 0 amide bonds. The molecular formula is C15H17N3OS2. The highest BCUT2D eigenvalue weighted by molar-refractivity contribution is 8.22. The average molecular weight is 319 g/mol. The zero-order chi connectivity index (χ0) is 14.8. The highest BCUT2D eigenvalue weighted by Gasteiger charge is 2.15. The quantitative estimate of drug-likeness (QED) is 0.796. The molecule has 0 bridgehead atoms. The van der Waals surface area contributed by atoms with E-state index >= 15 is 0 Å². The second-order valence-electron chi connectivity index (χ2n) is 5.20. The topological polar surface area (TPSA) is 37.6 Å². The maximum Gasteiger partial charge on any atom is 0.258 e. The van der Waals surface area contributed by atoms with Crippen LogP contribution in [-0.2, 0) is 5.75 Å². The number of aryl methyl sites for hydroxylation is 1. The standard InChI is InChI=1S/C15H17N3OS2/c1-11-5-4-6-13-16-12(9-14(19)18(11)13)10-21-15(20)17-7-2-3-8-17/h4-6,9H,2-3,7-8,10H2,1H3. The molecule has 0 spiro atoms. The van der Waals surface area contributed by atoms with Crippen molar-refractivity contribution >= 4 is 33.9 Å². The summed E-state index contributed by atoms with van der Waals surface area (Å²) in [5.41, 5.74) is 2.36. The third kappa shape index (κ3) is 3.11. The van der Waals surface area contributed by atoms with Gasteiger partial charge in [0.25, 0.3) is 5.56 Å². The van der Waals surface area contributed by atoms with Crippen LogP contribution in [0.3, 0.4) is 0 Å². The van der Waals surface area contributed by atoms with E-state index in [0.29, 0.717) is 11.4 Å². The summed E-state index contributed by atoms with van der Waals surface area (Å²) in [5, 5.41) is 0. The van der Waals surface area contributed by atoms with Gasteiger partial charge in [-0.1, -0.05) is 30.0 Å². The van der Waals surface area contributed by atoms with E-state index in [1.54, 1.807) is 22.2 Å². The average Bonchev–Trinajstić information content (AvgIpc) is 2.98. The van der Waals surface area contributed by atoms with Crippen LogP contribution in [0.2, 0.25) is 0 Å². The van der Waals surface area contributed by atoms with Gasteiger partial charge in [0.15, 0.2) is 0 Å². The summed E-state index contributed by atoms with van der Waals surface area (Å²) in [6.45, 7) is 4.02. The van der Waals surface area contributed by atoms with Gasteiger partial charge in [-0.25, -0.2) is 4.98 Å². The van der Waals surface area contributed by atoms with Gasteiger partial charge in [-0.15, -0.1) is 0 Å². The second-order valence-corrected chi connectivity index (χ2v) is 6.80. The zero-order valence-electron chi connectivity index (χ0n) is 11.9. The van der Waals surface area contributed by atoms with Crippen molar-refractivity contribution in [2.45, 2.75) is 25.5 Å². The van der Waals surface area contributed by atoms with Crippen molar-refractivity contribution in [3.8, 4) is 0 Å². The SMILES string of the molecule is Cc1cccc2nc(CSC(=S)N3CCCC3)cc(=O)n12. The molecule has 0 unspecified atom stereocenters. The van der Waals surface area contributed by atoms with Crippen LogP contribution in [0.5, 0.6) is 0 Å². The summed E-state index contributed by atoms with van der Waals surface area (Å²) in [4.78, 5) is 19.0. The lowest BCUT2D eigenvalue weighted by Gasteiger charge is -2.17. The van der Waals surface area contributed by atoms with E-state index in [-0.39, 0.29) is 5.56 Å². The highest BCUT2D eigenvalue weighted by Crippen LogP contribution is 2.19. The van der Waals surface area contributed by atoms with Crippen molar-refractivity contribution in [3.63, 3.8) is 0 Å². The Labute approximate surface area is 133 Å². The van der Waals surface area contributed by atoms with E-state index in [4.69, 9.17) is 12.2 Å². The Balaban J connectivity index is 1.78. The van der Waals surface area contributed by atoms with Crippen LogP contribution in [0, 0.1) is 6.92 Å². The molecule has 1 aliphatic rings. The van der Waals surface area contributed by atoms with Crippen molar-refractivity contribution in [1.82, 2.24) is 14.3 Å². The van der Waals surface area contributed by atoms with Gasteiger partial charge in [-0.2, -0.15) is 0 Å². The minimum Gasteiger partial charge on any atom is -0.358 e. The first-order valence-corrected chi connectivity index (χ1v) is 8.44. The molecule has 6 heteroatoms. The monoisotopic (exact) mass is 319 g/mol. The second kappa shape index (κ2) is 6.15. The van der Waals surface area contributed by atoms with Crippen molar-refractivity contribution < 1.29 is 0 Å². The van der Waals surface area contributed by atoms with Gasteiger partial charge in [0.2, 0.25) is 0 Å². The molecular weight excluding hydrogens is 302 g/mol. The van der Waals surface area contributed by atoms with Crippen molar-refractivity contribution in [1.29, 1.82) is 0 Å². The fourth-order valence-corrected chi connectivity index (χ4v) is 3.71. The van der Waals surface area contributed by atoms with Crippen LogP contribution in [-0.4, -0.2) is 31.7 Å². The minimum atomic E-state index is -0.0270. The number of hydrogen-bond donors (Lipinski definition) is 0. The van der Waals surface area contributed by atoms with Crippen LogP contribution in [0.15, 0.2) is 29.1 Å². The molecule has 3 heterocycles. The molecule has 0 aromatic carbocycles. The molecule has 0 saturated carbocycles. The number of pyridine rings is 1. The Kier molecular flexibility index (Phi) is 4.26. The molecule has 4 nitrogen and oxygen atoms in total. The van der Waals surface area contributed by atoms with Crippen molar-refractivity contribution in [3.05, 3.63) is 46.0 Å². The first-order valence-electron chi connectivity index (χ1n) is 7.05. The largest absolute Gasteiger partial charge is 0.358 e. The first-order chi connectivity index (χ1) is 10.1. The molecule has 0 atom stereocenters. The van der Waals surface area contributed by atoms with Gasteiger partial charge in [-0.3, -0.25) is 9.20 Å². The van der Waals surface area contributed by atoms with Gasteiger partial charge in [0.1, 0.15) is 9.97 Å². The summed E-state index contributed by atoms with van der Waals surface area (Å²) in [7, 11) is 0. The molecule has 0 aliphatic carbocycles. The lowest BCUT2D eigenvalue weighted by atomic mass is 10.3. The molecule has 21 heavy (non-hydrogen) atoms. The Hall–Kier alpha value is -1.40. The molecule has 3 rings (SSSR count). The molecule has 2 aromatic rings. The van der Waals surface area contributed by atoms with E-state index in [1.807, 2.05) is 25.1 Å². The molecule has 1 fully saturated rings. The van der Waals surface area contributed by atoms with Crippen molar-refractivity contribution in [2.75, 3.05) is 13.1 Å². The molecule has 0 radical (unpaired) electrons.